The summed E-state index contributed by atoms with van der Waals surface area (Å²) in [4.78, 5) is 15.2. The normalized spacial score (nSPS) is 15.4. The van der Waals surface area contributed by atoms with Gasteiger partial charge in [0, 0.05) is 38.9 Å². The summed E-state index contributed by atoms with van der Waals surface area (Å²) in [5.74, 6) is -0.505. The largest absolute Gasteiger partial charge is 0.382 e. The Kier molecular flexibility index (Phi) is 4.63. The lowest BCUT2D eigenvalue weighted by Crippen LogP contribution is -2.46. The van der Waals surface area contributed by atoms with Gasteiger partial charge in [0.05, 0.1) is 5.56 Å². The van der Waals surface area contributed by atoms with Crippen molar-refractivity contribution in [3.8, 4) is 6.07 Å². The van der Waals surface area contributed by atoms with Crippen LogP contribution < -0.4 is 5.32 Å². The van der Waals surface area contributed by atoms with Crippen molar-refractivity contribution in [3.63, 3.8) is 0 Å². The lowest BCUT2D eigenvalue weighted by atomic mass is 10.0. The number of likely N-dealkylation sites (tertiary alicyclic amines) is 1. The van der Waals surface area contributed by atoms with Crippen molar-refractivity contribution in [2.75, 3.05) is 32.5 Å². The van der Waals surface area contributed by atoms with Crippen molar-refractivity contribution >= 4 is 11.7 Å². The van der Waals surface area contributed by atoms with Gasteiger partial charge in [-0.1, -0.05) is 0 Å². The fourth-order valence-corrected chi connectivity index (χ4v) is 2.43. The average Bonchev–Trinajstić information content (AvgIpc) is 2.49. The molecule has 2 rings (SSSR count). The molecule has 1 N–H and O–H groups in total. The van der Waals surface area contributed by atoms with E-state index >= 15 is 0 Å². The molecule has 0 aliphatic carbocycles. The van der Waals surface area contributed by atoms with Crippen LogP contribution in [0.1, 0.15) is 18.4 Å². The summed E-state index contributed by atoms with van der Waals surface area (Å²) in [6.07, 6.45) is 1.66. The van der Waals surface area contributed by atoms with E-state index < -0.39 is 5.82 Å². The molecule has 1 saturated heterocycles. The number of hydrogen-bond donors (Lipinski definition) is 1. The van der Waals surface area contributed by atoms with Gasteiger partial charge in [0.15, 0.2) is 0 Å². The summed E-state index contributed by atoms with van der Waals surface area (Å²) < 4.78 is 13.3. The predicted octanol–water partition coefficient (Wildman–Crippen LogP) is 2.26. The first-order valence-electron chi connectivity index (χ1n) is 6.93. The van der Waals surface area contributed by atoms with Gasteiger partial charge in [-0.25, -0.2) is 9.18 Å². The van der Waals surface area contributed by atoms with Gasteiger partial charge in [-0.3, -0.25) is 0 Å². The molecular formula is C15H19FN4O. The Morgan fingerprint density at radius 2 is 2.10 bits per heavy atom. The molecule has 112 valence electrons. The molecule has 1 aromatic rings. The van der Waals surface area contributed by atoms with Crippen LogP contribution in [0.25, 0.3) is 0 Å². The standard InChI is InChI=1S/C15H19FN4O/c1-19(2)15(21)20-7-5-12(6-8-20)18-13-3-4-14(16)11(9-13)10-17/h3-4,9,12,18H,5-8H2,1-2H3. The van der Waals surface area contributed by atoms with Gasteiger partial charge < -0.3 is 15.1 Å². The van der Waals surface area contributed by atoms with E-state index in [0.29, 0.717) is 13.1 Å². The number of hydrogen-bond acceptors (Lipinski definition) is 3. The highest BCUT2D eigenvalue weighted by Gasteiger charge is 2.23. The number of carbonyl (C=O) groups is 1. The first-order chi connectivity index (χ1) is 10.0. The zero-order valence-electron chi connectivity index (χ0n) is 12.3. The van der Waals surface area contributed by atoms with Gasteiger partial charge in [-0.2, -0.15) is 5.26 Å². The number of amides is 2. The van der Waals surface area contributed by atoms with Gasteiger partial charge in [0.25, 0.3) is 0 Å². The van der Waals surface area contributed by atoms with E-state index in [1.807, 2.05) is 11.0 Å². The van der Waals surface area contributed by atoms with E-state index in [1.54, 1.807) is 25.1 Å². The van der Waals surface area contributed by atoms with Crippen molar-refractivity contribution in [1.29, 1.82) is 5.26 Å². The van der Waals surface area contributed by atoms with Crippen molar-refractivity contribution < 1.29 is 9.18 Å². The maximum absolute atomic E-state index is 13.3. The maximum Gasteiger partial charge on any atom is 0.319 e. The Bertz CT molecular complexity index is 559. The van der Waals surface area contributed by atoms with E-state index in [4.69, 9.17) is 5.26 Å². The molecule has 21 heavy (non-hydrogen) atoms. The minimum atomic E-state index is -0.505. The lowest BCUT2D eigenvalue weighted by Gasteiger charge is -2.34. The van der Waals surface area contributed by atoms with E-state index in [2.05, 4.69) is 5.32 Å². The monoisotopic (exact) mass is 290 g/mol. The van der Waals surface area contributed by atoms with Gasteiger partial charge in [0.1, 0.15) is 11.9 Å². The van der Waals surface area contributed by atoms with E-state index in [1.165, 1.54) is 12.1 Å². The van der Waals surface area contributed by atoms with Gasteiger partial charge in [-0.05, 0) is 31.0 Å². The number of nitriles is 1. The van der Waals surface area contributed by atoms with Crippen molar-refractivity contribution in [3.05, 3.63) is 29.6 Å². The molecular weight excluding hydrogens is 271 g/mol. The van der Waals surface area contributed by atoms with Crippen molar-refractivity contribution in [2.45, 2.75) is 18.9 Å². The fourth-order valence-electron chi connectivity index (χ4n) is 2.43. The number of urea groups is 1. The molecule has 0 atom stereocenters. The molecule has 0 radical (unpaired) electrons. The number of nitrogens with one attached hydrogen (secondary N) is 1. The Labute approximate surface area is 123 Å². The highest BCUT2D eigenvalue weighted by atomic mass is 19.1. The number of anilines is 1. The average molecular weight is 290 g/mol. The molecule has 5 nitrogen and oxygen atoms in total. The van der Waals surface area contributed by atoms with Gasteiger partial charge in [-0.15, -0.1) is 0 Å². The highest BCUT2D eigenvalue weighted by molar-refractivity contribution is 5.73. The predicted molar refractivity (Wildman–Crippen MR) is 78.4 cm³/mol. The Morgan fingerprint density at radius 1 is 1.43 bits per heavy atom. The summed E-state index contributed by atoms with van der Waals surface area (Å²) in [6.45, 7) is 1.39. The number of benzene rings is 1. The summed E-state index contributed by atoms with van der Waals surface area (Å²) in [7, 11) is 3.49. The van der Waals surface area contributed by atoms with Crippen LogP contribution in [0.3, 0.4) is 0 Å². The second kappa shape index (κ2) is 6.44. The lowest BCUT2D eigenvalue weighted by molar-refractivity contribution is 0.158. The van der Waals surface area contributed by atoms with E-state index in [0.717, 1.165) is 18.5 Å². The molecule has 0 spiro atoms. The second-order valence-electron chi connectivity index (χ2n) is 5.39. The Hall–Kier alpha value is -2.29. The minimum absolute atomic E-state index is 0.0296. The summed E-state index contributed by atoms with van der Waals surface area (Å²) in [5, 5.41) is 12.1. The molecule has 1 fully saturated rings. The number of carbonyl (C=O) groups excluding carboxylic acids is 1. The van der Waals surface area contributed by atoms with Crippen molar-refractivity contribution in [1.82, 2.24) is 9.80 Å². The van der Waals surface area contributed by atoms with Crippen LogP contribution in [0.5, 0.6) is 0 Å². The first-order valence-corrected chi connectivity index (χ1v) is 6.93. The van der Waals surface area contributed by atoms with Crippen LogP contribution in [0.4, 0.5) is 14.9 Å². The quantitative estimate of drug-likeness (QED) is 0.909. The molecule has 1 aliphatic heterocycles. The third kappa shape index (κ3) is 3.63. The first kappa shape index (κ1) is 15.1. The zero-order chi connectivity index (χ0) is 15.4. The third-order valence-corrected chi connectivity index (χ3v) is 3.61. The van der Waals surface area contributed by atoms with Crippen LogP contribution >= 0.6 is 0 Å². The highest BCUT2D eigenvalue weighted by Crippen LogP contribution is 2.19. The summed E-state index contributed by atoms with van der Waals surface area (Å²) >= 11 is 0. The topological polar surface area (TPSA) is 59.4 Å². The molecule has 1 aromatic carbocycles. The fraction of sp³-hybridized carbons (Fsp3) is 0.467. The van der Waals surface area contributed by atoms with E-state index in [-0.39, 0.29) is 17.6 Å². The molecule has 0 unspecified atom stereocenters. The zero-order valence-corrected chi connectivity index (χ0v) is 12.3. The SMILES string of the molecule is CN(C)C(=O)N1CCC(Nc2ccc(F)c(C#N)c2)CC1. The van der Waals surface area contributed by atoms with Crippen LogP contribution in [0.15, 0.2) is 18.2 Å². The van der Waals surface area contributed by atoms with Crippen LogP contribution in [0.2, 0.25) is 0 Å². The van der Waals surface area contributed by atoms with Crippen LogP contribution in [0, 0.1) is 17.1 Å². The number of nitrogens with zero attached hydrogens (tertiary/aromatic N) is 3. The summed E-state index contributed by atoms with van der Waals surface area (Å²) in [5.41, 5.74) is 0.783. The minimum Gasteiger partial charge on any atom is -0.382 e. The Morgan fingerprint density at radius 3 is 2.67 bits per heavy atom. The maximum atomic E-state index is 13.3. The summed E-state index contributed by atoms with van der Waals surface area (Å²) in [6, 6.07) is 6.54. The van der Waals surface area contributed by atoms with Gasteiger partial charge in [0.2, 0.25) is 0 Å². The number of piperidine rings is 1. The third-order valence-electron chi connectivity index (χ3n) is 3.61. The second-order valence-corrected chi connectivity index (χ2v) is 5.39. The smallest absolute Gasteiger partial charge is 0.319 e. The Balaban J connectivity index is 1.92. The molecule has 1 heterocycles. The molecule has 2 amide bonds. The van der Waals surface area contributed by atoms with Gasteiger partial charge >= 0.3 is 6.03 Å². The molecule has 1 aliphatic rings. The van der Waals surface area contributed by atoms with Crippen molar-refractivity contribution in [2.24, 2.45) is 0 Å². The van der Waals surface area contributed by atoms with Crippen LogP contribution in [-0.4, -0.2) is 49.1 Å². The number of halogens is 1. The molecule has 0 aromatic heterocycles. The molecule has 6 heteroatoms. The number of rotatable bonds is 2. The van der Waals surface area contributed by atoms with Crippen LogP contribution in [-0.2, 0) is 0 Å². The molecule has 0 bridgehead atoms. The van der Waals surface area contributed by atoms with E-state index in [9.17, 15) is 9.18 Å². The molecule has 0 saturated carbocycles.